The summed E-state index contributed by atoms with van der Waals surface area (Å²) in [5.41, 5.74) is 5.35. The van der Waals surface area contributed by atoms with Gasteiger partial charge in [0.1, 0.15) is 11.6 Å². The minimum atomic E-state index is -0.689. The first kappa shape index (κ1) is 22.9. The van der Waals surface area contributed by atoms with E-state index in [9.17, 15) is 14.4 Å². The first-order valence-corrected chi connectivity index (χ1v) is 12.5. The van der Waals surface area contributed by atoms with Crippen LogP contribution in [0.2, 0.25) is 0 Å². The van der Waals surface area contributed by atoms with E-state index in [0.29, 0.717) is 41.7 Å². The second kappa shape index (κ2) is 8.40. The number of nitrogens with zero attached hydrogens (tertiary/aromatic N) is 1. The van der Waals surface area contributed by atoms with Crippen molar-refractivity contribution in [2.75, 3.05) is 10.6 Å². The molecule has 2 heterocycles. The molecule has 1 aliphatic heterocycles. The lowest BCUT2D eigenvalue weighted by Crippen LogP contribution is -2.59. The Balaban J connectivity index is 1.27. The van der Waals surface area contributed by atoms with Crippen molar-refractivity contribution in [2.45, 2.75) is 64.8 Å². The highest BCUT2D eigenvalue weighted by Crippen LogP contribution is 2.65. The number of hydrogen-bond acceptors (Lipinski definition) is 4. The molecule has 8 nitrogen and oxygen atoms in total. The number of pyridine rings is 1. The topological polar surface area (TPSA) is 126 Å². The third-order valence-electron chi connectivity index (χ3n) is 9.58. The summed E-state index contributed by atoms with van der Waals surface area (Å²) < 4.78 is 0. The van der Waals surface area contributed by atoms with E-state index in [4.69, 9.17) is 5.73 Å². The van der Waals surface area contributed by atoms with Gasteiger partial charge in [-0.2, -0.15) is 0 Å². The molecule has 0 unspecified atom stereocenters. The van der Waals surface area contributed by atoms with Gasteiger partial charge in [0, 0.05) is 17.9 Å². The zero-order valence-corrected chi connectivity index (χ0v) is 20.0. The standard InChI is InChI=1S/C26H35N5O3/c1-25-12-10-18-16(7-9-19-26(18,2)13-11-22(32)28-19)17(25)8-6-15(25)14-23(33)30-20-4-3-5-21(29-20)31-24(27)34/h3-5,11,13,15-19H,6-10,12,14H2,1-2H3,(H,28,32)(H4,27,29,30,31,33,34)/t15-,16+,17+,18+,19-,25-,26-/m1/s1. The minimum Gasteiger partial charge on any atom is -0.351 e. The van der Waals surface area contributed by atoms with Crippen molar-refractivity contribution in [3.8, 4) is 0 Å². The van der Waals surface area contributed by atoms with E-state index >= 15 is 0 Å². The van der Waals surface area contributed by atoms with Crippen molar-refractivity contribution in [1.29, 1.82) is 0 Å². The lowest BCUT2D eigenvalue weighted by atomic mass is 9.48. The molecule has 1 aromatic heterocycles. The molecule has 0 spiro atoms. The maximum atomic E-state index is 13.0. The van der Waals surface area contributed by atoms with Crippen LogP contribution in [0.4, 0.5) is 16.4 Å². The fourth-order valence-corrected chi connectivity index (χ4v) is 7.90. The molecule has 0 bridgehead atoms. The number of hydrogen-bond donors (Lipinski definition) is 4. The number of carbonyl (C=O) groups is 3. The normalized spacial score (nSPS) is 38.2. The number of urea groups is 1. The van der Waals surface area contributed by atoms with Crippen molar-refractivity contribution >= 4 is 29.5 Å². The lowest BCUT2D eigenvalue weighted by molar-refractivity contribution is -0.123. The predicted molar refractivity (Wildman–Crippen MR) is 130 cm³/mol. The van der Waals surface area contributed by atoms with Crippen molar-refractivity contribution in [3.05, 3.63) is 30.4 Å². The number of fused-ring (bicyclic) bond motifs is 5. The highest BCUT2D eigenvalue weighted by Gasteiger charge is 2.59. The number of rotatable bonds is 4. The molecule has 4 amide bonds. The zero-order chi connectivity index (χ0) is 24.1. The molecule has 34 heavy (non-hydrogen) atoms. The highest BCUT2D eigenvalue weighted by atomic mass is 16.2. The summed E-state index contributed by atoms with van der Waals surface area (Å²) in [6, 6.07) is 4.62. The van der Waals surface area contributed by atoms with E-state index < -0.39 is 6.03 Å². The molecule has 3 saturated carbocycles. The van der Waals surface area contributed by atoms with Crippen LogP contribution in [0.1, 0.15) is 58.8 Å². The first-order valence-electron chi connectivity index (χ1n) is 12.5. The molecule has 5 N–H and O–H groups in total. The quantitative estimate of drug-likeness (QED) is 0.539. The van der Waals surface area contributed by atoms with Crippen LogP contribution in [-0.4, -0.2) is 28.9 Å². The summed E-state index contributed by atoms with van der Waals surface area (Å²) in [5.74, 6) is 2.92. The van der Waals surface area contributed by atoms with Gasteiger partial charge in [-0.25, -0.2) is 9.78 Å². The molecule has 3 fully saturated rings. The molecule has 0 radical (unpaired) electrons. The van der Waals surface area contributed by atoms with E-state index in [1.807, 2.05) is 0 Å². The second-order valence-electron chi connectivity index (χ2n) is 11.2. The van der Waals surface area contributed by atoms with Crippen LogP contribution >= 0.6 is 0 Å². The number of amides is 4. The molecule has 3 aliphatic carbocycles. The van der Waals surface area contributed by atoms with Crippen LogP contribution in [0.25, 0.3) is 0 Å². The molecule has 7 atom stereocenters. The molecule has 5 rings (SSSR count). The van der Waals surface area contributed by atoms with E-state index in [1.165, 1.54) is 6.42 Å². The largest absolute Gasteiger partial charge is 0.351 e. The number of primary amides is 1. The Morgan fingerprint density at radius 2 is 1.85 bits per heavy atom. The molecular formula is C26H35N5O3. The zero-order valence-electron chi connectivity index (χ0n) is 20.0. The van der Waals surface area contributed by atoms with Crippen molar-refractivity contribution < 1.29 is 14.4 Å². The van der Waals surface area contributed by atoms with Gasteiger partial charge in [0.2, 0.25) is 11.8 Å². The van der Waals surface area contributed by atoms with Crippen LogP contribution in [0, 0.1) is 34.5 Å². The van der Waals surface area contributed by atoms with E-state index in [1.54, 1.807) is 24.3 Å². The Morgan fingerprint density at radius 3 is 2.62 bits per heavy atom. The summed E-state index contributed by atoms with van der Waals surface area (Å²) in [4.78, 5) is 40.2. The molecule has 1 aromatic rings. The molecule has 8 heteroatoms. The van der Waals surface area contributed by atoms with Gasteiger partial charge >= 0.3 is 6.03 Å². The highest BCUT2D eigenvalue weighted by molar-refractivity contribution is 5.91. The van der Waals surface area contributed by atoms with Crippen LogP contribution in [0.3, 0.4) is 0 Å². The second-order valence-corrected chi connectivity index (χ2v) is 11.2. The van der Waals surface area contributed by atoms with Gasteiger partial charge < -0.3 is 16.4 Å². The summed E-state index contributed by atoms with van der Waals surface area (Å²) in [7, 11) is 0. The van der Waals surface area contributed by atoms with Gasteiger partial charge in [-0.3, -0.25) is 14.9 Å². The Labute approximate surface area is 200 Å². The average molecular weight is 466 g/mol. The summed E-state index contributed by atoms with van der Waals surface area (Å²) in [5, 5.41) is 8.56. The van der Waals surface area contributed by atoms with E-state index in [2.05, 4.69) is 40.9 Å². The third kappa shape index (κ3) is 3.87. The van der Waals surface area contributed by atoms with E-state index in [0.717, 1.165) is 32.1 Å². The number of nitrogens with two attached hydrogens (primary N) is 1. The van der Waals surface area contributed by atoms with Crippen LogP contribution in [0.15, 0.2) is 30.4 Å². The van der Waals surface area contributed by atoms with Crippen LogP contribution < -0.4 is 21.7 Å². The minimum absolute atomic E-state index is 0.0310. The summed E-state index contributed by atoms with van der Waals surface area (Å²) in [6.07, 6.45) is 11.1. The maximum absolute atomic E-state index is 13.0. The molecule has 4 aliphatic rings. The number of carbonyl (C=O) groups excluding carboxylic acids is 3. The number of nitrogens with one attached hydrogen (secondary N) is 3. The molecule has 0 saturated heterocycles. The van der Waals surface area contributed by atoms with Crippen molar-refractivity contribution in [1.82, 2.24) is 10.3 Å². The Kier molecular flexibility index (Phi) is 5.65. The van der Waals surface area contributed by atoms with Crippen molar-refractivity contribution in [2.24, 2.45) is 40.2 Å². The van der Waals surface area contributed by atoms with Crippen LogP contribution in [0.5, 0.6) is 0 Å². The number of aromatic nitrogens is 1. The summed E-state index contributed by atoms with van der Waals surface area (Å²) in [6.45, 7) is 4.74. The molecule has 182 valence electrons. The SMILES string of the molecule is C[C@]12C=CC(=O)N[C@@H]1CC[C@@H]1[C@@H]2CC[C@]2(C)[C@@H](CC(=O)Nc3cccc(NC(N)=O)n3)CC[C@@H]12. The maximum Gasteiger partial charge on any atom is 0.317 e. The van der Waals surface area contributed by atoms with Gasteiger partial charge in [-0.15, -0.1) is 0 Å². The molecule has 0 aromatic carbocycles. The Morgan fingerprint density at radius 1 is 1.09 bits per heavy atom. The third-order valence-corrected chi connectivity index (χ3v) is 9.58. The Bertz CT molecular complexity index is 1040. The van der Waals surface area contributed by atoms with E-state index in [-0.39, 0.29) is 28.7 Å². The molecular weight excluding hydrogens is 430 g/mol. The average Bonchev–Trinajstić information content (AvgIpc) is 3.10. The van der Waals surface area contributed by atoms with Gasteiger partial charge in [-0.05, 0) is 85.8 Å². The van der Waals surface area contributed by atoms with Gasteiger partial charge in [0.25, 0.3) is 0 Å². The van der Waals surface area contributed by atoms with Crippen molar-refractivity contribution in [3.63, 3.8) is 0 Å². The van der Waals surface area contributed by atoms with Gasteiger partial charge in [0.05, 0.1) is 0 Å². The fourth-order valence-electron chi connectivity index (χ4n) is 7.90. The first-order chi connectivity index (χ1) is 16.2. The number of anilines is 2. The van der Waals surface area contributed by atoms with Crippen LogP contribution in [-0.2, 0) is 9.59 Å². The lowest BCUT2D eigenvalue weighted by Gasteiger charge is -2.59. The Hall–Kier alpha value is -2.90. The summed E-state index contributed by atoms with van der Waals surface area (Å²) >= 11 is 0. The van der Waals surface area contributed by atoms with Gasteiger partial charge in [0.15, 0.2) is 0 Å². The smallest absolute Gasteiger partial charge is 0.317 e. The predicted octanol–water partition coefficient (Wildman–Crippen LogP) is 3.81. The fraction of sp³-hybridized carbons (Fsp3) is 0.615. The van der Waals surface area contributed by atoms with Gasteiger partial charge in [-0.1, -0.05) is 26.0 Å². The monoisotopic (exact) mass is 465 g/mol.